The molecule has 0 radical (unpaired) electrons. The van der Waals surface area contributed by atoms with Crippen LogP contribution in [0.25, 0.3) is 0 Å². The van der Waals surface area contributed by atoms with Crippen LogP contribution in [-0.4, -0.2) is 101 Å². The molecular weight excluding hydrogens is 442 g/mol. The lowest BCUT2D eigenvalue weighted by molar-refractivity contribution is -0.126. The Kier molecular flexibility index (Phi) is 9.37. The predicted molar refractivity (Wildman–Crippen MR) is 131 cm³/mol. The molecule has 2 aliphatic heterocycles. The fourth-order valence-corrected chi connectivity index (χ4v) is 6.13. The van der Waals surface area contributed by atoms with E-state index >= 15 is 0 Å². The maximum atomic E-state index is 13.4. The number of carbonyl (C=O) groups excluding carboxylic acids is 1. The molecule has 3 rings (SSSR count). The second-order valence-electron chi connectivity index (χ2n) is 8.73. The number of anilines is 1. The molecule has 0 aromatic heterocycles. The standard InChI is InChI=1S/C23H39N5O4S/c1-4-28(21-8-10-22(11-9-21)32-5-2)33(30,31)27-13-6-7-20(19-27)23(29)24-12-14-26-17-15-25(3)16-18-26/h8-11,20H,4-7,12-19H2,1-3H3,(H,24,29)/t20-/m1/s1. The molecule has 0 unspecified atom stereocenters. The Balaban J connectivity index is 1.56. The number of hydrogen-bond donors (Lipinski definition) is 1. The molecule has 1 aromatic rings. The zero-order chi connectivity index (χ0) is 23.8. The van der Waals surface area contributed by atoms with E-state index in [2.05, 4.69) is 22.2 Å². The van der Waals surface area contributed by atoms with E-state index < -0.39 is 10.2 Å². The van der Waals surface area contributed by atoms with Crippen molar-refractivity contribution in [3.05, 3.63) is 24.3 Å². The van der Waals surface area contributed by atoms with Crippen molar-refractivity contribution in [3.63, 3.8) is 0 Å². The van der Waals surface area contributed by atoms with Crippen LogP contribution in [0.3, 0.4) is 0 Å². The highest BCUT2D eigenvalue weighted by Gasteiger charge is 2.35. The van der Waals surface area contributed by atoms with Crippen LogP contribution in [0.1, 0.15) is 26.7 Å². The van der Waals surface area contributed by atoms with Crippen LogP contribution in [0.5, 0.6) is 5.75 Å². The van der Waals surface area contributed by atoms with Gasteiger partial charge in [-0.25, -0.2) is 0 Å². The van der Waals surface area contributed by atoms with Gasteiger partial charge in [0.2, 0.25) is 5.91 Å². The van der Waals surface area contributed by atoms with Crippen LogP contribution >= 0.6 is 0 Å². The second-order valence-corrected chi connectivity index (χ2v) is 10.6. The predicted octanol–water partition coefficient (Wildman–Crippen LogP) is 1.23. The first-order valence-corrected chi connectivity index (χ1v) is 13.4. The van der Waals surface area contributed by atoms with Crippen molar-refractivity contribution >= 4 is 21.8 Å². The van der Waals surface area contributed by atoms with Crippen LogP contribution in [-0.2, 0) is 15.0 Å². The van der Waals surface area contributed by atoms with Crippen molar-refractivity contribution in [2.24, 2.45) is 5.92 Å². The molecule has 2 saturated heterocycles. The largest absolute Gasteiger partial charge is 0.494 e. The molecule has 1 amide bonds. The maximum Gasteiger partial charge on any atom is 0.304 e. The first-order valence-electron chi connectivity index (χ1n) is 12.0. The number of nitrogens with one attached hydrogen (secondary N) is 1. The van der Waals surface area contributed by atoms with Crippen LogP contribution in [0.15, 0.2) is 24.3 Å². The minimum Gasteiger partial charge on any atom is -0.494 e. The molecule has 0 bridgehead atoms. The first kappa shape index (κ1) is 25.7. The molecule has 0 saturated carbocycles. The highest BCUT2D eigenvalue weighted by Crippen LogP contribution is 2.27. The molecule has 10 heteroatoms. The summed E-state index contributed by atoms with van der Waals surface area (Å²) in [5.41, 5.74) is 0.597. The lowest BCUT2D eigenvalue weighted by atomic mass is 9.99. The summed E-state index contributed by atoms with van der Waals surface area (Å²) in [4.78, 5) is 17.4. The third-order valence-corrected chi connectivity index (χ3v) is 8.42. The van der Waals surface area contributed by atoms with Crippen molar-refractivity contribution in [3.8, 4) is 5.75 Å². The van der Waals surface area contributed by atoms with Gasteiger partial charge in [0, 0.05) is 58.9 Å². The van der Waals surface area contributed by atoms with Gasteiger partial charge in [0.15, 0.2) is 0 Å². The van der Waals surface area contributed by atoms with Crippen LogP contribution in [0, 0.1) is 5.92 Å². The Labute approximate surface area is 198 Å². The van der Waals surface area contributed by atoms with Crippen molar-refractivity contribution in [1.82, 2.24) is 19.4 Å². The summed E-state index contributed by atoms with van der Waals surface area (Å²) < 4.78 is 35.2. The van der Waals surface area contributed by atoms with Gasteiger partial charge in [-0.1, -0.05) is 0 Å². The molecule has 186 valence electrons. The molecule has 1 N–H and O–H groups in total. The van der Waals surface area contributed by atoms with E-state index in [1.165, 1.54) is 8.61 Å². The van der Waals surface area contributed by atoms with E-state index in [9.17, 15) is 13.2 Å². The Morgan fingerprint density at radius 1 is 1.12 bits per heavy atom. The number of piperazine rings is 1. The zero-order valence-corrected chi connectivity index (χ0v) is 21.0. The monoisotopic (exact) mass is 481 g/mol. The normalized spacial score (nSPS) is 21.0. The van der Waals surface area contributed by atoms with Crippen LogP contribution in [0.2, 0.25) is 0 Å². The first-order chi connectivity index (χ1) is 15.8. The molecule has 2 aliphatic rings. The number of nitrogens with zero attached hydrogens (tertiary/aromatic N) is 4. The summed E-state index contributed by atoms with van der Waals surface area (Å²) in [7, 11) is -1.61. The van der Waals surface area contributed by atoms with Crippen molar-refractivity contribution < 1.29 is 17.9 Å². The molecule has 2 fully saturated rings. The summed E-state index contributed by atoms with van der Waals surface area (Å²) in [5.74, 6) is 0.342. The molecule has 9 nitrogen and oxygen atoms in total. The van der Waals surface area contributed by atoms with E-state index in [-0.39, 0.29) is 18.4 Å². The van der Waals surface area contributed by atoms with Crippen LogP contribution in [0.4, 0.5) is 5.69 Å². The SMILES string of the molecule is CCOc1ccc(N(CC)S(=O)(=O)N2CCC[C@@H](C(=O)NCCN3CCN(C)CC3)C2)cc1. The Bertz CT molecular complexity index is 856. The summed E-state index contributed by atoms with van der Waals surface area (Å²) in [5, 5.41) is 3.03. The minimum atomic E-state index is -3.73. The summed E-state index contributed by atoms with van der Waals surface area (Å²) >= 11 is 0. The molecule has 0 aliphatic carbocycles. The van der Waals surface area contributed by atoms with Crippen molar-refractivity contribution in [2.75, 3.05) is 76.9 Å². The van der Waals surface area contributed by atoms with Gasteiger partial charge in [-0.15, -0.1) is 0 Å². The number of carbonyl (C=O) groups is 1. The van der Waals surface area contributed by atoms with Crippen molar-refractivity contribution in [2.45, 2.75) is 26.7 Å². The maximum absolute atomic E-state index is 13.4. The molecule has 33 heavy (non-hydrogen) atoms. The second kappa shape index (κ2) is 12.0. The Morgan fingerprint density at radius 2 is 1.82 bits per heavy atom. The number of rotatable bonds is 10. The average molecular weight is 482 g/mol. The van der Waals surface area contributed by atoms with E-state index in [0.717, 1.165) is 32.7 Å². The van der Waals surface area contributed by atoms with Gasteiger partial charge < -0.3 is 15.0 Å². The van der Waals surface area contributed by atoms with Crippen LogP contribution < -0.4 is 14.4 Å². The molecular formula is C23H39N5O4S. The third kappa shape index (κ3) is 6.81. The number of benzene rings is 1. The highest BCUT2D eigenvalue weighted by atomic mass is 32.2. The summed E-state index contributed by atoms with van der Waals surface area (Å²) in [6.07, 6.45) is 1.39. The number of hydrogen-bond acceptors (Lipinski definition) is 6. The van der Waals surface area contributed by atoms with E-state index in [4.69, 9.17) is 4.74 Å². The van der Waals surface area contributed by atoms with Gasteiger partial charge in [0.25, 0.3) is 0 Å². The molecule has 2 heterocycles. The number of piperidine rings is 1. The fourth-order valence-electron chi connectivity index (χ4n) is 4.41. The van der Waals surface area contributed by atoms with Gasteiger partial charge in [-0.3, -0.25) is 14.0 Å². The summed E-state index contributed by atoms with van der Waals surface area (Å²) in [6.45, 7) is 10.8. The molecule has 0 spiro atoms. The quantitative estimate of drug-likeness (QED) is 0.541. The smallest absolute Gasteiger partial charge is 0.304 e. The Morgan fingerprint density at radius 3 is 2.45 bits per heavy atom. The Hall–Kier alpha value is -1.88. The number of likely N-dealkylation sites (N-methyl/N-ethyl adjacent to an activating group) is 1. The lowest BCUT2D eigenvalue weighted by Crippen LogP contribution is -2.51. The van der Waals surface area contributed by atoms with Gasteiger partial charge in [0.05, 0.1) is 18.2 Å². The zero-order valence-electron chi connectivity index (χ0n) is 20.2. The van der Waals surface area contributed by atoms with Gasteiger partial charge in [-0.2, -0.15) is 12.7 Å². The van der Waals surface area contributed by atoms with Crippen molar-refractivity contribution in [1.29, 1.82) is 0 Å². The van der Waals surface area contributed by atoms with Gasteiger partial charge >= 0.3 is 10.2 Å². The van der Waals surface area contributed by atoms with E-state index in [0.29, 0.717) is 50.5 Å². The van der Waals surface area contributed by atoms with E-state index in [1.807, 2.05) is 13.8 Å². The third-order valence-electron chi connectivity index (χ3n) is 6.41. The van der Waals surface area contributed by atoms with Gasteiger partial charge in [-0.05, 0) is 58.0 Å². The van der Waals surface area contributed by atoms with Gasteiger partial charge in [0.1, 0.15) is 5.75 Å². The molecule has 1 atom stereocenters. The lowest BCUT2D eigenvalue weighted by Gasteiger charge is -2.36. The highest BCUT2D eigenvalue weighted by molar-refractivity contribution is 7.90. The average Bonchev–Trinajstić information content (AvgIpc) is 2.82. The number of ether oxygens (including phenoxy) is 1. The van der Waals surface area contributed by atoms with E-state index in [1.54, 1.807) is 24.3 Å². The topological polar surface area (TPSA) is 85.4 Å². The fraction of sp³-hybridized carbons (Fsp3) is 0.696. The summed E-state index contributed by atoms with van der Waals surface area (Å²) in [6, 6.07) is 7.09. The minimum absolute atomic E-state index is 0.0480. The molecule has 1 aromatic carbocycles. The number of amides is 1.